The van der Waals surface area contributed by atoms with Crippen molar-refractivity contribution < 1.29 is 18.7 Å². The van der Waals surface area contributed by atoms with Gasteiger partial charge in [0.2, 0.25) is 0 Å². The van der Waals surface area contributed by atoms with Crippen LogP contribution in [0.2, 0.25) is 0 Å². The summed E-state index contributed by atoms with van der Waals surface area (Å²) in [6.45, 7) is 0.845. The highest BCUT2D eigenvalue weighted by atomic mass is 19.3. The Kier molecular flexibility index (Phi) is 2.12. The van der Waals surface area contributed by atoms with E-state index in [4.69, 9.17) is 5.11 Å². The number of carbonyl (C=O) groups is 1. The third-order valence-corrected chi connectivity index (χ3v) is 0.604. The first kappa shape index (κ1) is 7.07. The smallest absolute Gasteiger partial charge is 0.336 e. The summed E-state index contributed by atoms with van der Waals surface area (Å²) in [5.41, 5.74) is -0.898. The molecule has 0 aliphatic rings. The molecule has 0 aliphatic heterocycles. The lowest BCUT2D eigenvalue weighted by Gasteiger charge is -1.85. The van der Waals surface area contributed by atoms with E-state index in [1.807, 2.05) is 0 Å². The summed E-state index contributed by atoms with van der Waals surface area (Å²) in [5, 5.41) is 7.81. The van der Waals surface area contributed by atoms with Crippen molar-refractivity contribution in [3.8, 4) is 0 Å². The zero-order valence-corrected chi connectivity index (χ0v) is 4.11. The molecule has 0 aromatic carbocycles. The number of carboxylic acid groups (broad SMARTS) is 1. The molecule has 0 aromatic rings. The van der Waals surface area contributed by atoms with Gasteiger partial charge >= 0.3 is 5.97 Å². The maximum absolute atomic E-state index is 11.2. The minimum atomic E-state index is -2.14. The molecule has 2 nitrogen and oxygen atoms in total. The molecule has 46 valence electrons. The van der Waals surface area contributed by atoms with Gasteiger partial charge < -0.3 is 5.11 Å². The Balaban J connectivity index is 4.23. The lowest BCUT2D eigenvalue weighted by molar-refractivity contribution is -0.132. The number of rotatable bonds is 1. The van der Waals surface area contributed by atoms with E-state index in [0.29, 0.717) is 0 Å². The molecule has 4 heteroatoms. The normalized spacial score (nSPS) is 8.38. The van der Waals surface area contributed by atoms with Crippen molar-refractivity contribution in [1.82, 2.24) is 0 Å². The third-order valence-electron chi connectivity index (χ3n) is 0.604. The predicted molar refractivity (Wildman–Crippen MR) is 22.6 cm³/mol. The lowest BCUT2D eigenvalue weighted by Crippen LogP contribution is -1.96. The summed E-state index contributed by atoms with van der Waals surface area (Å²) in [7, 11) is 0. The fourth-order valence-electron chi connectivity index (χ4n) is 0.0808. The average Bonchev–Trinajstić information content (AvgIpc) is 1.64. The van der Waals surface area contributed by atoms with Crippen molar-refractivity contribution in [3.05, 3.63) is 11.7 Å². The van der Waals surface area contributed by atoms with Crippen LogP contribution in [-0.2, 0) is 4.79 Å². The molecule has 0 radical (unpaired) electrons. The van der Waals surface area contributed by atoms with Crippen LogP contribution in [0.4, 0.5) is 8.78 Å². The van der Waals surface area contributed by atoms with Crippen molar-refractivity contribution in [2.24, 2.45) is 0 Å². The standard InChI is InChI=1S/C4H4F2O2/c1-2(3(5)6)4(7)8/h1H3,(H,7,8). The SMILES string of the molecule is CC(C(=O)O)=C(F)F. The average molecular weight is 122 g/mol. The van der Waals surface area contributed by atoms with Gasteiger partial charge in [-0.2, -0.15) is 8.78 Å². The molecule has 0 spiro atoms. The van der Waals surface area contributed by atoms with Gasteiger partial charge in [-0.15, -0.1) is 0 Å². The van der Waals surface area contributed by atoms with E-state index < -0.39 is 17.6 Å². The fraction of sp³-hybridized carbons (Fsp3) is 0.250. The van der Waals surface area contributed by atoms with Crippen LogP contribution >= 0.6 is 0 Å². The Morgan fingerprint density at radius 2 is 1.88 bits per heavy atom. The molecule has 0 atom stereocenters. The van der Waals surface area contributed by atoms with Crippen LogP contribution in [0, 0.1) is 0 Å². The monoisotopic (exact) mass is 122 g/mol. The van der Waals surface area contributed by atoms with E-state index in [1.54, 1.807) is 0 Å². The third kappa shape index (κ3) is 1.68. The van der Waals surface area contributed by atoms with Gasteiger partial charge in [0.05, 0.1) is 5.57 Å². The van der Waals surface area contributed by atoms with E-state index in [2.05, 4.69) is 0 Å². The minimum absolute atomic E-state index is 0.845. The van der Waals surface area contributed by atoms with E-state index in [9.17, 15) is 13.6 Å². The first-order valence-electron chi connectivity index (χ1n) is 1.81. The Morgan fingerprint density at radius 3 is 1.88 bits per heavy atom. The van der Waals surface area contributed by atoms with Crippen molar-refractivity contribution >= 4 is 5.97 Å². The Labute approximate surface area is 44.4 Å². The molecule has 8 heavy (non-hydrogen) atoms. The van der Waals surface area contributed by atoms with Crippen LogP contribution in [0.1, 0.15) is 6.92 Å². The van der Waals surface area contributed by atoms with Gasteiger partial charge in [0.15, 0.2) is 0 Å². The number of halogens is 2. The van der Waals surface area contributed by atoms with Crippen LogP contribution in [0.5, 0.6) is 0 Å². The van der Waals surface area contributed by atoms with Crippen LogP contribution in [0.3, 0.4) is 0 Å². The summed E-state index contributed by atoms with van der Waals surface area (Å²) in [6.07, 6.45) is -2.14. The van der Waals surface area contributed by atoms with Crippen molar-refractivity contribution in [1.29, 1.82) is 0 Å². The molecular formula is C4H4F2O2. The van der Waals surface area contributed by atoms with Crippen LogP contribution in [0.15, 0.2) is 11.7 Å². The number of aliphatic carboxylic acids is 1. The molecule has 0 aliphatic carbocycles. The van der Waals surface area contributed by atoms with Crippen molar-refractivity contribution in [2.45, 2.75) is 6.92 Å². The van der Waals surface area contributed by atoms with Gasteiger partial charge in [-0.3, -0.25) is 0 Å². The van der Waals surface area contributed by atoms with Crippen LogP contribution in [0.25, 0.3) is 0 Å². The number of hydrogen-bond acceptors (Lipinski definition) is 1. The van der Waals surface area contributed by atoms with Gasteiger partial charge in [0.1, 0.15) is 0 Å². The minimum Gasteiger partial charge on any atom is -0.478 e. The summed E-state index contributed by atoms with van der Waals surface area (Å²) >= 11 is 0. The summed E-state index contributed by atoms with van der Waals surface area (Å²) in [5.74, 6) is -1.58. The van der Waals surface area contributed by atoms with E-state index >= 15 is 0 Å². The van der Waals surface area contributed by atoms with Crippen molar-refractivity contribution in [3.63, 3.8) is 0 Å². The summed E-state index contributed by atoms with van der Waals surface area (Å²) in [6, 6.07) is 0. The second kappa shape index (κ2) is 2.40. The molecule has 0 unspecified atom stereocenters. The van der Waals surface area contributed by atoms with Gasteiger partial charge in [-0.05, 0) is 6.92 Å². The maximum atomic E-state index is 11.2. The first-order chi connectivity index (χ1) is 3.55. The molecule has 0 rings (SSSR count). The molecule has 0 bridgehead atoms. The van der Waals surface area contributed by atoms with Crippen LogP contribution < -0.4 is 0 Å². The van der Waals surface area contributed by atoms with E-state index in [0.717, 1.165) is 6.92 Å². The molecule has 0 amide bonds. The van der Waals surface area contributed by atoms with Crippen molar-refractivity contribution in [2.75, 3.05) is 0 Å². The summed E-state index contributed by atoms with van der Waals surface area (Å²) < 4.78 is 22.4. The highest BCUT2D eigenvalue weighted by molar-refractivity contribution is 5.85. The number of carboxylic acids is 1. The van der Waals surface area contributed by atoms with E-state index in [-0.39, 0.29) is 0 Å². The van der Waals surface area contributed by atoms with Gasteiger partial charge in [0, 0.05) is 0 Å². The number of hydrogen-bond donors (Lipinski definition) is 1. The predicted octanol–water partition coefficient (Wildman–Crippen LogP) is 1.24. The molecule has 0 saturated heterocycles. The highest BCUT2D eigenvalue weighted by Crippen LogP contribution is 2.05. The fourth-order valence-corrected chi connectivity index (χ4v) is 0.0808. The molecular weight excluding hydrogens is 118 g/mol. The van der Waals surface area contributed by atoms with Crippen LogP contribution in [-0.4, -0.2) is 11.1 Å². The quantitative estimate of drug-likeness (QED) is 0.531. The van der Waals surface area contributed by atoms with Gasteiger partial charge in [-0.25, -0.2) is 4.79 Å². The second-order valence-corrected chi connectivity index (χ2v) is 1.19. The zero-order chi connectivity index (χ0) is 6.73. The van der Waals surface area contributed by atoms with Gasteiger partial charge in [-0.1, -0.05) is 0 Å². The lowest BCUT2D eigenvalue weighted by atomic mass is 10.3. The molecule has 1 N–H and O–H groups in total. The highest BCUT2D eigenvalue weighted by Gasteiger charge is 2.06. The molecule has 0 fully saturated rings. The maximum Gasteiger partial charge on any atom is 0.336 e. The molecule has 0 heterocycles. The Morgan fingerprint density at radius 1 is 1.50 bits per heavy atom. The van der Waals surface area contributed by atoms with Gasteiger partial charge in [0.25, 0.3) is 6.08 Å². The largest absolute Gasteiger partial charge is 0.478 e. The Hall–Kier alpha value is -0.930. The topological polar surface area (TPSA) is 37.3 Å². The zero-order valence-electron chi connectivity index (χ0n) is 4.11. The second-order valence-electron chi connectivity index (χ2n) is 1.19. The summed E-state index contributed by atoms with van der Waals surface area (Å²) in [4.78, 5) is 9.60. The first-order valence-corrected chi connectivity index (χ1v) is 1.81. The molecule has 0 aromatic heterocycles. The molecule has 0 saturated carbocycles. The van der Waals surface area contributed by atoms with E-state index in [1.165, 1.54) is 0 Å². The Bertz CT molecular complexity index is 135.